The normalized spacial score (nSPS) is 13.9. The number of rotatable bonds is 10. The molecule has 0 unspecified atom stereocenters. The first kappa shape index (κ1) is 22.1. The molecular formula is C20H28N2O5S. The summed E-state index contributed by atoms with van der Waals surface area (Å²) in [6, 6.07) is 6.73. The first-order valence-electron chi connectivity index (χ1n) is 9.35. The van der Waals surface area contributed by atoms with Crippen LogP contribution in [-0.4, -0.2) is 48.2 Å². The Morgan fingerprint density at radius 3 is 2.39 bits per heavy atom. The van der Waals surface area contributed by atoms with Crippen molar-refractivity contribution in [3.8, 4) is 0 Å². The number of nitrogens with one attached hydrogen (secondary N) is 2. The summed E-state index contributed by atoms with van der Waals surface area (Å²) in [7, 11) is 0. The number of ether oxygens (including phenoxy) is 2. The molecule has 0 saturated carbocycles. The molecule has 2 atom stereocenters. The van der Waals surface area contributed by atoms with Gasteiger partial charge in [-0.05, 0) is 50.1 Å². The Balaban J connectivity index is 2.28. The van der Waals surface area contributed by atoms with Gasteiger partial charge in [0.15, 0.2) is 5.79 Å². The lowest BCUT2D eigenvalue weighted by molar-refractivity contribution is -0.246. The van der Waals surface area contributed by atoms with Crippen molar-refractivity contribution in [2.45, 2.75) is 52.0 Å². The van der Waals surface area contributed by atoms with E-state index in [2.05, 4.69) is 28.1 Å². The molecule has 3 N–H and O–H groups in total. The monoisotopic (exact) mass is 408 g/mol. The lowest BCUT2D eigenvalue weighted by Gasteiger charge is -2.39. The van der Waals surface area contributed by atoms with Crippen LogP contribution in [0.5, 0.6) is 0 Å². The number of benzene rings is 1. The molecule has 0 spiro atoms. The number of hydrogen-bond donors (Lipinski definition) is 3. The van der Waals surface area contributed by atoms with Gasteiger partial charge in [0.2, 0.25) is 5.91 Å². The zero-order chi connectivity index (χ0) is 20.7. The lowest BCUT2D eigenvalue weighted by Crippen LogP contribution is -2.58. The van der Waals surface area contributed by atoms with Crippen LogP contribution < -0.4 is 10.6 Å². The average Bonchev–Trinajstić information content (AvgIpc) is 3.04. The number of fused-ring (bicyclic) bond motifs is 1. The molecule has 2 aromatic rings. The number of carbonyl (C=O) groups is 2. The molecule has 2 rings (SSSR count). The van der Waals surface area contributed by atoms with E-state index in [0.29, 0.717) is 19.6 Å². The Hall–Kier alpha value is -2.16. The van der Waals surface area contributed by atoms with Crippen molar-refractivity contribution in [3.63, 3.8) is 0 Å². The fourth-order valence-electron chi connectivity index (χ4n) is 3.17. The molecule has 2 amide bonds. The molecule has 1 aromatic heterocycles. The minimum Gasteiger partial charge on any atom is -0.465 e. The molecule has 0 aliphatic rings. The van der Waals surface area contributed by atoms with Crippen molar-refractivity contribution >= 4 is 33.4 Å². The first-order valence-corrected chi connectivity index (χ1v) is 10.2. The Kier molecular flexibility index (Phi) is 7.79. The summed E-state index contributed by atoms with van der Waals surface area (Å²) in [6.07, 6.45) is -0.790. The van der Waals surface area contributed by atoms with Crippen LogP contribution >= 0.6 is 11.3 Å². The maximum Gasteiger partial charge on any atom is 0.405 e. The van der Waals surface area contributed by atoms with Gasteiger partial charge in [-0.25, -0.2) is 4.79 Å². The zero-order valence-electron chi connectivity index (χ0n) is 16.7. The second-order valence-electron chi connectivity index (χ2n) is 6.51. The number of amides is 2. The van der Waals surface area contributed by atoms with E-state index in [1.165, 1.54) is 11.6 Å². The van der Waals surface area contributed by atoms with E-state index < -0.39 is 29.9 Å². The third-order valence-electron chi connectivity index (χ3n) is 4.53. The van der Waals surface area contributed by atoms with E-state index in [1.54, 1.807) is 11.3 Å². The molecule has 0 radical (unpaired) electrons. The molecule has 28 heavy (non-hydrogen) atoms. The predicted octanol–water partition coefficient (Wildman–Crippen LogP) is 3.37. The van der Waals surface area contributed by atoms with E-state index in [0.717, 1.165) is 10.9 Å². The molecular weight excluding hydrogens is 380 g/mol. The van der Waals surface area contributed by atoms with E-state index in [9.17, 15) is 9.59 Å². The molecule has 0 saturated heterocycles. The fraction of sp³-hybridized carbons (Fsp3) is 0.500. The largest absolute Gasteiger partial charge is 0.465 e. The van der Waals surface area contributed by atoms with Crippen LogP contribution in [-0.2, 0) is 20.7 Å². The van der Waals surface area contributed by atoms with E-state index in [4.69, 9.17) is 14.6 Å². The summed E-state index contributed by atoms with van der Waals surface area (Å²) < 4.78 is 13.3. The number of thiophene rings is 1. The van der Waals surface area contributed by atoms with Crippen LogP contribution in [0.3, 0.4) is 0 Å². The molecule has 0 aliphatic carbocycles. The highest BCUT2D eigenvalue weighted by Gasteiger charge is 2.40. The standard InChI is InChI=1S/C20H28N2O5S/c1-5-26-20(27-6-2,14(4)22-18(23)13(3)21-19(24)25)11-15-12-28-17-10-8-7-9-16(15)17/h7-10,12-14,21H,5-6,11H2,1-4H3,(H,22,23)(H,24,25)/t13-,14-/m0/s1. The summed E-state index contributed by atoms with van der Waals surface area (Å²) in [5, 5.41) is 17.0. The van der Waals surface area contributed by atoms with Gasteiger partial charge in [-0.2, -0.15) is 0 Å². The van der Waals surface area contributed by atoms with Crippen LogP contribution in [0.15, 0.2) is 29.6 Å². The smallest absolute Gasteiger partial charge is 0.405 e. The van der Waals surface area contributed by atoms with Gasteiger partial charge >= 0.3 is 6.09 Å². The van der Waals surface area contributed by atoms with Gasteiger partial charge in [-0.3, -0.25) is 4.79 Å². The van der Waals surface area contributed by atoms with Crippen molar-refractivity contribution in [1.29, 1.82) is 0 Å². The Bertz CT molecular complexity index is 801. The van der Waals surface area contributed by atoms with E-state index in [-0.39, 0.29) is 0 Å². The van der Waals surface area contributed by atoms with Crippen molar-refractivity contribution in [1.82, 2.24) is 10.6 Å². The van der Waals surface area contributed by atoms with Crippen LogP contribution in [0.2, 0.25) is 0 Å². The molecule has 7 nitrogen and oxygen atoms in total. The fourth-order valence-corrected chi connectivity index (χ4v) is 4.13. The second-order valence-corrected chi connectivity index (χ2v) is 7.42. The zero-order valence-corrected chi connectivity index (χ0v) is 17.5. The van der Waals surface area contributed by atoms with Crippen molar-refractivity contribution in [2.75, 3.05) is 13.2 Å². The molecule has 0 bridgehead atoms. The van der Waals surface area contributed by atoms with Crippen molar-refractivity contribution in [3.05, 3.63) is 35.2 Å². The van der Waals surface area contributed by atoms with Gasteiger partial charge < -0.3 is 25.2 Å². The Labute approximate surface area is 169 Å². The summed E-state index contributed by atoms with van der Waals surface area (Å²) in [6.45, 7) is 7.87. The number of hydrogen-bond acceptors (Lipinski definition) is 5. The Morgan fingerprint density at radius 1 is 1.14 bits per heavy atom. The summed E-state index contributed by atoms with van der Waals surface area (Å²) in [5.74, 6) is -1.50. The summed E-state index contributed by atoms with van der Waals surface area (Å²) >= 11 is 1.65. The molecule has 8 heteroatoms. The van der Waals surface area contributed by atoms with E-state index >= 15 is 0 Å². The summed E-state index contributed by atoms with van der Waals surface area (Å²) in [5.41, 5.74) is 1.08. The highest BCUT2D eigenvalue weighted by molar-refractivity contribution is 7.17. The quantitative estimate of drug-likeness (QED) is 0.524. The van der Waals surface area contributed by atoms with Gasteiger partial charge in [-0.15, -0.1) is 11.3 Å². The van der Waals surface area contributed by atoms with Gasteiger partial charge in [0.1, 0.15) is 6.04 Å². The SMILES string of the molecule is CCOC(Cc1csc2ccccc12)(OCC)[C@H](C)NC(=O)[C@H](C)NC(=O)O. The van der Waals surface area contributed by atoms with Gasteiger partial charge in [-0.1, -0.05) is 18.2 Å². The maximum atomic E-state index is 12.4. The van der Waals surface area contributed by atoms with Gasteiger partial charge in [0, 0.05) is 24.3 Å². The average molecular weight is 409 g/mol. The van der Waals surface area contributed by atoms with Crippen molar-refractivity contribution in [2.24, 2.45) is 0 Å². The highest BCUT2D eigenvalue weighted by Crippen LogP contribution is 2.32. The first-order chi connectivity index (χ1) is 13.3. The minimum absolute atomic E-state index is 0.408. The van der Waals surface area contributed by atoms with Crippen LogP contribution in [0.25, 0.3) is 10.1 Å². The third-order valence-corrected chi connectivity index (χ3v) is 5.54. The molecule has 1 heterocycles. The van der Waals surface area contributed by atoms with Crippen molar-refractivity contribution < 1.29 is 24.2 Å². The second kappa shape index (κ2) is 9.86. The number of carboxylic acid groups (broad SMARTS) is 1. The predicted molar refractivity (Wildman–Crippen MR) is 110 cm³/mol. The maximum absolute atomic E-state index is 12.4. The molecule has 0 aliphatic heterocycles. The number of carbonyl (C=O) groups excluding carboxylic acids is 1. The topological polar surface area (TPSA) is 96.9 Å². The summed E-state index contributed by atoms with van der Waals surface area (Å²) in [4.78, 5) is 23.2. The molecule has 1 aromatic carbocycles. The van der Waals surface area contributed by atoms with Crippen LogP contribution in [0, 0.1) is 0 Å². The third kappa shape index (κ3) is 5.21. The Morgan fingerprint density at radius 2 is 1.79 bits per heavy atom. The highest BCUT2D eigenvalue weighted by atomic mass is 32.1. The lowest BCUT2D eigenvalue weighted by atomic mass is 9.97. The van der Waals surface area contributed by atoms with Crippen LogP contribution in [0.4, 0.5) is 4.79 Å². The minimum atomic E-state index is -1.25. The molecule has 0 fully saturated rings. The van der Waals surface area contributed by atoms with Gasteiger partial charge in [0.25, 0.3) is 0 Å². The van der Waals surface area contributed by atoms with E-state index in [1.807, 2.05) is 32.9 Å². The molecule has 154 valence electrons. The van der Waals surface area contributed by atoms with Crippen LogP contribution in [0.1, 0.15) is 33.3 Å². The van der Waals surface area contributed by atoms with Gasteiger partial charge in [0.05, 0.1) is 6.04 Å².